The number of anilines is 1. The molecule has 0 bridgehead atoms. The lowest BCUT2D eigenvalue weighted by molar-refractivity contribution is -0.119. The fourth-order valence-electron chi connectivity index (χ4n) is 1.97. The molecule has 0 aliphatic carbocycles. The van der Waals surface area contributed by atoms with Crippen molar-refractivity contribution < 1.29 is 9.53 Å². The third-order valence-electron chi connectivity index (χ3n) is 3.16. The van der Waals surface area contributed by atoms with Gasteiger partial charge in [-0.3, -0.25) is 4.79 Å². The van der Waals surface area contributed by atoms with Gasteiger partial charge in [-0.25, -0.2) is 0 Å². The Bertz CT molecular complexity index is 419. The van der Waals surface area contributed by atoms with Gasteiger partial charge < -0.3 is 15.8 Å². The molecular weight excluding hydrogens is 252 g/mol. The van der Waals surface area contributed by atoms with Gasteiger partial charge in [0.05, 0.1) is 6.61 Å². The highest BCUT2D eigenvalue weighted by molar-refractivity contribution is 5.92. The van der Waals surface area contributed by atoms with Crippen LogP contribution in [0.5, 0.6) is 5.75 Å². The van der Waals surface area contributed by atoms with E-state index in [1.165, 1.54) is 0 Å². The summed E-state index contributed by atoms with van der Waals surface area (Å²) in [5, 5.41) is 2.93. The number of nitrogens with two attached hydrogens (primary N) is 1. The Balaban J connectivity index is 2.46. The lowest BCUT2D eigenvalue weighted by Crippen LogP contribution is -2.21. The molecule has 3 N–H and O–H groups in total. The number of amides is 1. The molecule has 4 heteroatoms. The van der Waals surface area contributed by atoms with Gasteiger partial charge in [0.2, 0.25) is 5.91 Å². The van der Waals surface area contributed by atoms with Gasteiger partial charge in [-0.1, -0.05) is 19.4 Å². The third kappa shape index (κ3) is 6.06. The number of carbonyl (C=O) groups is 1. The second-order valence-corrected chi connectivity index (χ2v) is 5.26. The van der Waals surface area contributed by atoms with E-state index in [1.54, 1.807) is 0 Å². The molecule has 4 nitrogen and oxygen atoms in total. The molecular formula is C16H26N2O2. The van der Waals surface area contributed by atoms with Crippen LogP contribution in [-0.2, 0) is 4.79 Å². The summed E-state index contributed by atoms with van der Waals surface area (Å²) in [5.41, 5.74) is 6.49. The summed E-state index contributed by atoms with van der Waals surface area (Å²) in [6, 6.07) is 7.67. The molecule has 112 valence electrons. The van der Waals surface area contributed by atoms with Crippen molar-refractivity contribution in [3.05, 3.63) is 24.3 Å². The molecule has 0 aliphatic rings. The van der Waals surface area contributed by atoms with E-state index in [2.05, 4.69) is 5.32 Å². The van der Waals surface area contributed by atoms with Gasteiger partial charge in [-0.05, 0) is 38.8 Å². The average molecular weight is 278 g/mol. The normalized spacial score (nSPS) is 13.6. The quantitative estimate of drug-likeness (QED) is 0.767. The molecule has 0 fully saturated rings. The third-order valence-corrected chi connectivity index (χ3v) is 3.16. The number of rotatable bonds is 8. The SMILES string of the molecule is CCOc1cccc(NC(=O)C(C)CCCC(C)N)c1. The van der Waals surface area contributed by atoms with Crippen molar-refractivity contribution in [2.24, 2.45) is 11.7 Å². The Morgan fingerprint density at radius 2 is 2.10 bits per heavy atom. The van der Waals surface area contributed by atoms with Crippen molar-refractivity contribution in [2.75, 3.05) is 11.9 Å². The first kappa shape index (κ1) is 16.5. The molecule has 0 aliphatic heterocycles. The summed E-state index contributed by atoms with van der Waals surface area (Å²) in [5.74, 6) is 0.808. The topological polar surface area (TPSA) is 64.3 Å². The maximum atomic E-state index is 12.1. The fraction of sp³-hybridized carbons (Fsp3) is 0.562. The van der Waals surface area contributed by atoms with Crippen LogP contribution in [0.25, 0.3) is 0 Å². The van der Waals surface area contributed by atoms with Crippen LogP contribution in [0.4, 0.5) is 5.69 Å². The Hall–Kier alpha value is -1.55. The number of hydrogen-bond acceptors (Lipinski definition) is 3. The van der Waals surface area contributed by atoms with Crippen LogP contribution < -0.4 is 15.8 Å². The van der Waals surface area contributed by atoms with E-state index in [0.29, 0.717) is 6.61 Å². The van der Waals surface area contributed by atoms with E-state index in [1.807, 2.05) is 45.0 Å². The maximum absolute atomic E-state index is 12.1. The lowest BCUT2D eigenvalue weighted by Gasteiger charge is -2.13. The summed E-state index contributed by atoms with van der Waals surface area (Å²) < 4.78 is 5.41. The molecule has 1 rings (SSSR count). The molecule has 1 aromatic rings. The van der Waals surface area contributed by atoms with Crippen molar-refractivity contribution in [1.82, 2.24) is 0 Å². The summed E-state index contributed by atoms with van der Waals surface area (Å²) in [6.07, 6.45) is 2.79. The van der Waals surface area contributed by atoms with Crippen molar-refractivity contribution >= 4 is 11.6 Å². The van der Waals surface area contributed by atoms with Crippen molar-refractivity contribution in [1.29, 1.82) is 0 Å². The highest BCUT2D eigenvalue weighted by Gasteiger charge is 2.13. The first-order chi connectivity index (χ1) is 9.52. The molecule has 20 heavy (non-hydrogen) atoms. The van der Waals surface area contributed by atoms with Gasteiger partial charge in [0.25, 0.3) is 0 Å². The largest absolute Gasteiger partial charge is 0.494 e. The van der Waals surface area contributed by atoms with Crippen LogP contribution >= 0.6 is 0 Å². The average Bonchev–Trinajstić information content (AvgIpc) is 2.39. The van der Waals surface area contributed by atoms with Crippen molar-refractivity contribution in [2.45, 2.75) is 46.1 Å². The van der Waals surface area contributed by atoms with E-state index in [-0.39, 0.29) is 17.9 Å². The zero-order chi connectivity index (χ0) is 15.0. The molecule has 0 heterocycles. The second-order valence-electron chi connectivity index (χ2n) is 5.26. The molecule has 0 radical (unpaired) electrons. The minimum absolute atomic E-state index is 0.00972. The Morgan fingerprint density at radius 3 is 2.75 bits per heavy atom. The second kappa shape index (κ2) is 8.59. The van der Waals surface area contributed by atoms with Gasteiger partial charge in [0.1, 0.15) is 5.75 Å². The molecule has 1 aromatic carbocycles. The number of benzene rings is 1. The molecule has 2 unspecified atom stereocenters. The van der Waals surface area contributed by atoms with Crippen LogP contribution in [-0.4, -0.2) is 18.6 Å². The maximum Gasteiger partial charge on any atom is 0.227 e. The Kier molecular flexibility index (Phi) is 7.09. The first-order valence-electron chi connectivity index (χ1n) is 7.32. The monoisotopic (exact) mass is 278 g/mol. The van der Waals surface area contributed by atoms with Crippen LogP contribution in [0.15, 0.2) is 24.3 Å². The van der Waals surface area contributed by atoms with Crippen LogP contribution in [0, 0.1) is 5.92 Å². The molecule has 0 aromatic heterocycles. The zero-order valence-electron chi connectivity index (χ0n) is 12.7. The molecule has 0 spiro atoms. The first-order valence-corrected chi connectivity index (χ1v) is 7.32. The summed E-state index contributed by atoms with van der Waals surface area (Å²) in [7, 11) is 0. The van der Waals surface area contributed by atoms with Gasteiger partial charge in [0.15, 0.2) is 0 Å². The van der Waals surface area contributed by atoms with Gasteiger partial charge in [-0.2, -0.15) is 0 Å². The van der Waals surface area contributed by atoms with Crippen molar-refractivity contribution in [3.8, 4) is 5.75 Å². The summed E-state index contributed by atoms with van der Waals surface area (Å²) >= 11 is 0. The zero-order valence-corrected chi connectivity index (χ0v) is 12.7. The minimum atomic E-state index is -0.00972. The van der Waals surface area contributed by atoms with Gasteiger partial charge in [0, 0.05) is 23.7 Å². The molecule has 0 saturated heterocycles. The van der Waals surface area contributed by atoms with E-state index in [9.17, 15) is 4.79 Å². The van der Waals surface area contributed by atoms with Gasteiger partial charge in [-0.15, -0.1) is 0 Å². The lowest BCUT2D eigenvalue weighted by atomic mass is 10.0. The van der Waals surface area contributed by atoms with E-state index >= 15 is 0 Å². The van der Waals surface area contributed by atoms with E-state index in [0.717, 1.165) is 30.7 Å². The number of nitrogens with one attached hydrogen (secondary N) is 1. The molecule has 2 atom stereocenters. The van der Waals surface area contributed by atoms with Crippen molar-refractivity contribution in [3.63, 3.8) is 0 Å². The van der Waals surface area contributed by atoms with Crippen LogP contribution in [0.1, 0.15) is 40.0 Å². The summed E-state index contributed by atoms with van der Waals surface area (Å²) in [6.45, 7) is 6.49. The molecule has 1 amide bonds. The van der Waals surface area contributed by atoms with E-state index in [4.69, 9.17) is 10.5 Å². The predicted octanol–water partition coefficient (Wildman–Crippen LogP) is 3.18. The standard InChI is InChI=1S/C16H26N2O2/c1-4-20-15-10-6-9-14(11-15)18-16(19)12(2)7-5-8-13(3)17/h6,9-13H,4-5,7-8,17H2,1-3H3,(H,18,19). The Morgan fingerprint density at radius 1 is 1.35 bits per heavy atom. The number of hydrogen-bond donors (Lipinski definition) is 2. The highest BCUT2D eigenvalue weighted by atomic mass is 16.5. The fourth-order valence-corrected chi connectivity index (χ4v) is 1.97. The van der Waals surface area contributed by atoms with E-state index < -0.39 is 0 Å². The minimum Gasteiger partial charge on any atom is -0.494 e. The smallest absolute Gasteiger partial charge is 0.227 e. The van der Waals surface area contributed by atoms with Crippen LogP contribution in [0.2, 0.25) is 0 Å². The number of ether oxygens (including phenoxy) is 1. The highest BCUT2D eigenvalue weighted by Crippen LogP contribution is 2.19. The van der Waals surface area contributed by atoms with Gasteiger partial charge >= 0.3 is 0 Å². The summed E-state index contributed by atoms with van der Waals surface area (Å²) in [4.78, 5) is 12.1. The van der Waals surface area contributed by atoms with Crippen LogP contribution in [0.3, 0.4) is 0 Å². The predicted molar refractivity (Wildman–Crippen MR) is 82.9 cm³/mol. The molecule has 0 saturated carbocycles. The number of carbonyl (C=O) groups excluding carboxylic acids is 1. The Labute approximate surface area is 121 Å².